The van der Waals surface area contributed by atoms with E-state index in [1.54, 1.807) is 0 Å². The van der Waals surface area contributed by atoms with Gasteiger partial charge in [0.2, 0.25) is 10.0 Å². The van der Waals surface area contributed by atoms with Crippen LogP contribution in [0.25, 0.3) is 0 Å². The van der Waals surface area contributed by atoms with Crippen LogP contribution in [0, 0.1) is 11.8 Å². The molecular formula is C15H28N2O3S. The third-order valence-electron chi connectivity index (χ3n) is 5.37. The molecule has 122 valence electrons. The minimum atomic E-state index is -3.26. The summed E-state index contributed by atoms with van der Waals surface area (Å²) in [7, 11) is -3.26. The van der Waals surface area contributed by atoms with Crippen LogP contribution in [0.3, 0.4) is 0 Å². The zero-order valence-electron chi connectivity index (χ0n) is 12.7. The van der Waals surface area contributed by atoms with Crippen molar-refractivity contribution >= 4 is 10.0 Å². The van der Waals surface area contributed by atoms with Gasteiger partial charge in [0, 0.05) is 18.7 Å². The number of sulfonamides is 1. The second-order valence-corrected chi connectivity index (χ2v) is 8.89. The lowest BCUT2D eigenvalue weighted by Gasteiger charge is -2.45. The monoisotopic (exact) mass is 316 g/mol. The van der Waals surface area contributed by atoms with Crippen LogP contribution in [0.15, 0.2) is 0 Å². The molecule has 0 radical (unpaired) electrons. The highest BCUT2D eigenvalue weighted by Gasteiger charge is 2.41. The van der Waals surface area contributed by atoms with Crippen molar-refractivity contribution in [1.82, 2.24) is 4.72 Å². The Morgan fingerprint density at radius 2 is 1.76 bits per heavy atom. The summed E-state index contributed by atoms with van der Waals surface area (Å²) < 4.78 is 33.5. The Balaban J connectivity index is 1.61. The first-order valence-electron chi connectivity index (χ1n) is 8.41. The maximum absolute atomic E-state index is 12.5. The van der Waals surface area contributed by atoms with E-state index in [4.69, 9.17) is 10.5 Å². The molecule has 0 aromatic rings. The van der Waals surface area contributed by atoms with E-state index in [-0.39, 0.29) is 23.9 Å². The summed E-state index contributed by atoms with van der Waals surface area (Å²) in [5.41, 5.74) is 6.10. The molecule has 21 heavy (non-hydrogen) atoms. The number of nitrogens with two attached hydrogens (primary N) is 1. The molecule has 1 saturated heterocycles. The molecule has 1 heterocycles. The second kappa shape index (κ2) is 6.52. The van der Waals surface area contributed by atoms with E-state index in [0.717, 1.165) is 44.9 Å². The van der Waals surface area contributed by atoms with E-state index < -0.39 is 10.0 Å². The Bertz CT molecular complexity index is 434. The molecule has 3 N–H and O–H groups in total. The van der Waals surface area contributed by atoms with Crippen LogP contribution in [-0.4, -0.2) is 39.0 Å². The van der Waals surface area contributed by atoms with Crippen molar-refractivity contribution in [3.05, 3.63) is 0 Å². The number of nitrogens with one attached hydrogen (secondary N) is 1. The third-order valence-corrected chi connectivity index (χ3v) is 6.81. The van der Waals surface area contributed by atoms with E-state index in [2.05, 4.69) is 4.72 Å². The van der Waals surface area contributed by atoms with Gasteiger partial charge in [0.15, 0.2) is 0 Å². The molecule has 1 aliphatic heterocycles. The maximum atomic E-state index is 12.5. The van der Waals surface area contributed by atoms with Gasteiger partial charge < -0.3 is 10.5 Å². The van der Waals surface area contributed by atoms with Gasteiger partial charge in [-0.25, -0.2) is 13.1 Å². The Hall–Kier alpha value is -0.170. The summed E-state index contributed by atoms with van der Waals surface area (Å²) >= 11 is 0. The lowest BCUT2D eigenvalue weighted by Crippen LogP contribution is -2.54. The minimum Gasteiger partial charge on any atom is -0.377 e. The summed E-state index contributed by atoms with van der Waals surface area (Å²) in [4.78, 5) is 0. The molecule has 3 rings (SSSR count). The number of hydrogen-bond donors (Lipinski definition) is 2. The zero-order chi connectivity index (χ0) is 14.9. The zero-order valence-corrected chi connectivity index (χ0v) is 13.5. The molecule has 0 amide bonds. The van der Waals surface area contributed by atoms with Gasteiger partial charge in [0.1, 0.15) is 0 Å². The molecule has 3 atom stereocenters. The molecule has 5 nitrogen and oxygen atoms in total. The van der Waals surface area contributed by atoms with Crippen molar-refractivity contribution in [2.45, 2.75) is 69.6 Å². The molecule has 3 unspecified atom stereocenters. The standard InChI is InChI=1S/C15H28N2O3S/c16-13-8-11-4-3-5-12(9-13)15(11)17-21(18,19)10-14-6-1-2-7-20-14/h11-15,17H,1-10,16H2. The fourth-order valence-electron chi connectivity index (χ4n) is 4.42. The molecular weight excluding hydrogens is 288 g/mol. The largest absolute Gasteiger partial charge is 0.377 e. The van der Waals surface area contributed by atoms with Crippen LogP contribution < -0.4 is 10.5 Å². The average molecular weight is 316 g/mol. The molecule has 2 aliphatic carbocycles. The first kappa shape index (κ1) is 15.7. The summed E-state index contributed by atoms with van der Waals surface area (Å²) in [5, 5.41) is 0. The maximum Gasteiger partial charge on any atom is 0.214 e. The lowest BCUT2D eigenvalue weighted by atomic mass is 9.67. The van der Waals surface area contributed by atoms with Gasteiger partial charge in [0.05, 0.1) is 11.9 Å². The van der Waals surface area contributed by atoms with Crippen LogP contribution in [0.4, 0.5) is 0 Å². The number of ether oxygens (including phenoxy) is 1. The van der Waals surface area contributed by atoms with Crippen LogP contribution in [0.1, 0.15) is 51.4 Å². The number of hydrogen-bond acceptors (Lipinski definition) is 4. The van der Waals surface area contributed by atoms with Crippen molar-refractivity contribution in [2.75, 3.05) is 12.4 Å². The summed E-state index contributed by atoms with van der Waals surface area (Å²) in [6.07, 6.45) is 8.22. The van der Waals surface area contributed by atoms with Crippen LogP contribution in [0.2, 0.25) is 0 Å². The fourth-order valence-corrected chi connectivity index (χ4v) is 6.07. The average Bonchev–Trinajstić information content (AvgIpc) is 2.40. The van der Waals surface area contributed by atoms with Crippen LogP contribution in [-0.2, 0) is 14.8 Å². The highest BCUT2D eigenvalue weighted by molar-refractivity contribution is 7.89. The first-order chi connectivity index (χ1) is 10.0. The fraction of sp³-hybridized carbons (Fsp3) is 1.00. The summed E-state index contributed by atoms with van der Waals surface area (Å²) in [6, 6.07) is 0.356. The molecule has 6 heteroatoms. The van der Waals surface area contributed by atoms with E-state index in [0.29, 0.717) is 18.4 Å². The van der Waals surface area contributed by atoms with Gasteiger partial charge in [-0.15, -0.1) is 0 Å². The number of rotatable bonds is 4. The van der Waals surface area contributed by atoms with Gasteiger partial charge in [-0.3, -0.25) is 0 Å². The smallest absolute Gasteiger partial charge is 0.214 e. The predicted octanol–water partition coefficient (Wildman–Crippen LogP) is 1.38. The van der Waals surface area contributed by atoms with Gasteiger partial charge in [-0.1, -0.05) is 6.42 Å². The quantitative estimate of drug-likeness (QED) is 0.821. The topological polar surface area (TPSA) is 81.4 Å². The van der Waals surface area contributed by atoms with Crippen LogP contribution >= 0.6 is 0 Å². The Labute approximate surface area is 128 Å². The van der Waals surface area contributed by atoms with E-state index in [1.165, 1.54) is 6.42 Å². The molecule has 3 aliphatic rings. The van der Waals surface area contributed by atoms with Gasteiger partial charge >= 0.3 is 0 Å². The van der Waals surface area contributed by atoms with Crippen LogP contribution in [0.5, 0.6) is 0 Å². The Morgan fingerprint density at radius 3 is 2.38 bits per heavy atom. The number of fused-ring (bicyclic) bond motifs is 2. The van der Waals surface area contributed by atoms with Crippen molar-refractivity contribution in [2.24, 2.45) is 17.6 Å². The predicted molar refractivity (Wildman–Crippen MR) is 82.3 cm³/mol. The second-order valence-electron chi connectivity index (χ2n) is 7.10. The van der Waals surface area contributed by atoms with Crippen molar-refractivity contribution in [3.8, 4) is 0 Å². The Morgan fingerprint density at radius 1 is 1.05 bits per heavy atom. The third kappa shape index (κ3) is 3.97. The van der Waals surface area contributed by atoms with E-state index in [1.807, 2.05) is 0 Å². The normalized spacial score (nSPS) is 40.9. The molecule has 3 fully saturated rings. The summed E-state index contributed by atoms with van der Waals surface area (Å²) in [6.45, 7) is 0.698. The van der Waals surface area contributed by atoms with Gasteiger partial charge in [-0.2, -0.15) is 0 Å². The van der Waals surface area contributed by atoms with E-state index >= 15 is 0 Å². The molecule has 2 bridgehead atoms. The minimum absolute atomic E-state index is 0.104. The van der Waals surface area contributed by atoms with Crippen molar-refractivity contribution < 1.29 is 13.2 Å². The summed E-state index contributed by atoms with van der Waals surface area (Å²) in [5.74, 6) is 0.971. The van der Waals surface area contributed by atoms with Crippen molar-refractivity contribution in [1.29, 1.82) is 0 Å². The van der Waals surface area contributed by atoms with E-state index in [9.17, 15) is 8.42 Å². The SMILES string of the molecule is NC1CC2CCCC(C1)C2NS(=O)(=O)CC1CCCCO1. The molecule has 0 spiro atoms. The highest BCUT2D eigenvalue weighted by Crippen LogP contribution is 2.40. The highest BCUT2D eigenvalue weighted by atomic mass is 32.2. The molecule has 0 aromatic carbocycles. The van der Waals surface area contributed by atoms with Gasteiger partial charge in [-0.05, 0) is 56.8 Å². The molecule has 0 aromatic heterocycles. The van der Waals surface area contributed by atoms with Gasteiger partial charge in [0.25, 0.3) is 0 Å². The Kier molecular flexibility index (Phi) is 4.88. The van der Waals surface area contributed by atoms with Crippen molar-refractivity contribution in [3.63, 3.8) is 0 Å². The molecule has 2 saturated carbocycles. The lowest BCUT2D eigenvalue weighted by molar-refractivity contribution is 0.0301. The first-order valence-corrected chi connectivity index (χ1v) is 10.1.